The Morgan fingerprint density at radius 1 is 1.12 bits per heavy atom. The van der Waals surface area contributed by atoms with E-state index in [0.717, 1.165) is 54.3 Å². The van der Waals surface area contributed by atoms with Crippen molar-refractivity contribution in [3.05, 3.63) is 78.2 Å². The van der Waals surface area contributed by atoms with Crippen molar-refractivity contribution in [2.45, 2.75) is 25.9 Å². The highest BCUT2D eigenvalue weighted by Crippen LogP contribution is 2.23. The number of piperidine rings is 1. The van der Waals surface area contributed by atoms with Gasteiger partial charge >= 0.3 is 0 Å². The number of amides is 1. The van der Waals surface area contributed by atoms with Crippen molar-refractivity contribution >= 4 is 17.4 Å². The second kappa shape index (κ2) is 10.4. The lowest BCUT2D eigenvalue weighted by molar-refractivity contribution is -0.120. The fraction of sp³-hybridized carbons (Fsp3) is 0.280. The molecule has 0 unspecified atom stereocenters. The predicted molar refractivity (Wildman–Crippen MR) is 122 cm³/mol. The summed E-state index contributed by atoms with van der Waals surface area (Å²) in [5, 5.41) is 11.8. The largest absolute Gasteiger partial charge is 0.489 e. The second-order valence-electron chi connectivity index (χ2n) is 7.78. The monoisotopic (exact) mass is 427 g/mol. The van der Waals surface area contributed by atoms with Gasteiger partial charge in [-0.05, 0) is 48.2 Å². The third-order valence-corrected chi connectivity index (χ3v) is 5.55. The van der Waals surface area contributed by atoms with Gasteiger partial charge in [-0.25, -0.2) is 4.98 Å². The standard InChI is InChI=1S/C25H25N5O2/c26-11-8-19-4-6-23(7-5-19)32-18-20-2-1-3-22(16-20)29-25(31)21-9-14-30(15-10-21)24-17-27-12-13-28-24/h1-7,12-13,16-17,21H,8-10,14-15,18H2,(H,29,31). The summed E-state index contributed by atoms with van der Waals surface area (Å²) in [7, 11) is 0. The molecule has 1 saturated heterocycles. The quantitative estimate of drug-likeness (QED) is 0.613. The first-order valence-electron chi connectivity index (χ1n) is 10.7. The molecule has 32 heavy (non-hydrogen) atoms. The average Bonchev–Trinajstić information content (AvgIpc) is 2.85. The smallest absolute Gasteiger partial charge is 0.227 e. The zero-order valence-electron chi connectivity index (χ0n) is 17.8. The molecular weight excluding hydrogens is 402 g/mol. The van der Waals surface area contributed by atoms with Crippen molar-refractivity contribution in [1.82, 2.24) is 9.97 Å². The number of ether oxygens (including phenoxy) is 1. The molecule has 0 saturated carbocycles. The predicted octanol–water partition coefficient (Wildman–Crippen LogP) is 3.98. The summed E-state index contributed by atoms with van der Waals surface area (Å²) in [5.41, 5.74) is 2.71. The molecule has 1 N–H and O–H groups in total. The SMILES string of the molecule is N#CCc1ccc(OCc2cccc(NC(=O)C3CCN(c4cnccn4)CC3)c2)cc1. The van der Waals surface area contributed by atoms with Crippen LogP contribution < -0.4 is 15.0 Å². The Bertz CT molecular complexity index is 1070. The van der Waals surface area contributed by atoms with Gasteiger partial charge in [0.1, 0.15) is 18.2 Å². The van der Waals surface area contributed by atoms with Crippen LogP contribution >= 0.6 is 0 Å². The maximum atomic E-state index is 12.8. The van der Waals surface area contributed by atoms with Gasteiger partial charge in [-0.1, -0.05) is 24.3 Å². The first-order chi connectivity index (χ1) is 15.7. The Hall–Kier alpha value is -3.92. The molecule has 1 aliphatic heterocycles. The average molecular weight is 428 g/mol. The van der Waals surface area contributed by atoms with Crippen LogP contribution in [0.25, 0.3) is 0 Å². The van der Waals surface area contributed by atoms with Crippen molar-refractivity contribution in [3.63, 3.8) is 0 Å². The number of rotatable bonds is 7. The Labute approximate surface area is 187 Å². The second-order valence-corrected chi connectivity index (χ2v) is 7.78. The number of carbonyl (C=O) groups excluding carboxylic acids is 1. The summed E-state index contributed by atoms with van der Waals surface area (Å²) in [6.45, 7) is 1.98. The van der Waals surface area contributed by atoms with Gasteiger partial charge in [-0.15, -0.1) is 0 Å². The Morgan fingerprint density at radius 3 is 2.66 bits per heavy atom. The lowest BCUT2D eigenvalue weighted by atomic mass is 9.96. The van der Waals surface area contributed by atoms with Crippen molar-refractivity contribution in [1.29, 1.82) is 5.26 Å². The Kier molecular flexibility index (Phi) is 6.93. The molecule has 3 aromatic rings. The van der Waals surface area contributed by atoms with E-state index < -0.39 is 0 Å². The van der Waals surface area contributed by atoms with E-state index in [-0.39, 0.29) is 11.8 Å². The summed E-state index contributed by atoms with van der Waals surface area (Å²) >= 11 is 0. The molecule has 4 rings (SSSR count). The third kappa shape index (κ3) is 5.61. The highest BCUT2D eigenvalue weighted by molar-refractivity contribution is 5.92. The topological polar surface area (TPSA) is 91.1 Å². The molecule has 1 amide bonds. The molecule has 0 radical (unpaired) electrons. The van der Waals surface area contributed by atoms with Gasteiger partial charge in [-0.3, -0.25) is 9.78 Å². The maximum absolute atomic E-state index is 12.8. The molecule has 2 heterocycles. The summed E-state index contributed by atoms with van der Waals surface area (Å²) < 4.78 is 5.84. The van der Waals surface area contributed by atoms with Gasteiger partial charge in [0.2, 0.25) is 5.91 Å². The van der Waals surface area contributed by atoms with Crippen LogP contribution in [0.1, 0.15) is 24.0 Å². The summed E-state index contributed by atoms with van der Waals surface area (Å²) in [4.78, 5) is 23.4. The number of nitriles is 1. The van der Waals surface area contributed by atoms with Crippen molar-refractivity contribution in [2.75, 3.05) is 23.3 Å². The van der Waals surface area contributed by atoms with Crippen LogP contribution in [0, 0.1) is 17.2 Å². The van der Waals surface area contributed by atoms with Crippen molar-refractivity contribution in [2.24, 2.45) is 5.92 Å². The molecule has 1 fully saturated rings. The van der Waals surface area contributed by atoms with Gasteiger partial charge in [0, 0.05) is 37.1 Å². The van der Waals surface area contributed by atoms with E-state index in [2.05, 4.69) is 26.3 Å². The van der Waals surface area contributed by atoms with E-state index in [1.54, 1.807) is 18.6 Å². The lowest BCUT2D eigenvalue weighted by Crippen LogP contribution is -2.38. The number of hydrogen-bond acceptors (Lipinski definition) is 6. The van der Waals surface area contributed by atoms with E-state index in [9.17, 15) is 4.79 Å². The molecule has 7 heteroatoms. The van der Waals surface area contributed by atoms with Gasteiger partial charge in [0.15, 0.2) is 0 Å². The zero-order valence-corrected chi connectivity index (χ0v) is 17.8. The van der Waals surface area contributed by atoms with Gasteiger partial charge in [0.25, 0.3) is 0 Å². The van der Waals surface area contributed by atoms with Crippen molar-refractivity contribution in [3.8, 4) is 11.8 Å². The van der Waals surface area contributed by atoms with Gasteiger partial charge in [-0.2, -0.15) is 5.26 Å². The molecule has 162 valence electrons. The molecular formula is C25H25N5O2. The zero-order chi connectivity index (χ0) is 22.2. The third-order valence-electron chi connectivity index (χ3n) is 5.55. The number of benzene rings is 2. The minimum Gasteiger partial charge on any atom is -0.489 e. The van der Waals surface area contributed by atoms with Crippen LogP contribution in [0.2, 0.25) is 0 Å². The number of anilines is 2. The number of nitrogens with zero attached hydrogens (tertiary/aromatic N) is 4. The first-order valence-corrected chi connectivity index (χ1v) is 10.7. The molecule has 0 atom stereocenters. The maximum Gasteiger partial charge on any atom is 0.227 e. The molecule has 2 aromatic carbocycles. The highest BCUT2D eigenvalue weighted by atomic mass is 16.5. The molecule has 0 bridgehead atoms. The van der Waals surface area contributed by atoms with Crippen LogP contribution in [-0.2, 0) is 17.8 Å². The molecule has 1 aromatic heterocycles. The summed E-state index contributed by atoms with van der Waals surface area (Å²) in [6.07, 6.45) is 7.07. The number of carbonyl (C=O) groups is 1. The normalized spacial score (nSPS) is 13.9. The number of hydrogen-bond donors (Lipinski definition) is 1. The summed E-state index contributed by atoms with van der Waals surface area (Å²) in [6, 6.07) is 17.4. The Balaban J connectivity index is 1.28. The van der Waals surface area contributed by atoms with E-state index in [1.165, 1.54) is 0 Å². The minimum atomic E-state index is -0.0187. The first kappa shape index (κ1) is 21.3. The number of aromatic nitrogens is 2. The minimum absolute atomic E-state index is 0.0187. The van der Waals surface area contributed by atoms with Crippen LogP contribution in [0.15, 0.2) is 67.1 Å². The van der Waals surface area contributed by atoms with E-state index in [4.69, 9.17) is 10.00 Å². The van der Waals surface area contributed by atoms with Gasteiger partial charge in [0.05, 0.1) is 18.7 Å². The molecule has 0 aliphatic carbocycles. The van der Waals surface area contributed by atoms with Gasteiger partial charge < -0.3 is 15.0 Å². The highest BCUT2D eigenvalue weighted by Gasteiger charge is 2.25. The van der Waals surface area contributed by atoms with Crippen molar-refractivity contribution < 1.29 is 9.53 Å². The van der Waals surface area contributed by atoms with E-state index in [1.807, 2.05) is 48.5 Å². The Morgan fingerprint density at radius 2 is 1.94 bits per heavy atom. The van der Waals surface area contributed by atoms with Crippen LogP contribution in [0.3, 0.4) is 0 Å². The fourth-order valence-corrected chi connectivity index (χ4v) is 3.77. The van der Waals surface area contributed by atoms with E-state index in [0.29, 0.717) is 13.0 Å². The van der Waals surface area contributed by atoms with Crippen LogP contribution in [0.5, 0.6) is 5.75 Å². The molecule has 0 spiro atoms. The summed E-state index contributed by atoms with van der Waals surface area (Å²) in [5.74, 6) is 1.64. The molecule has 7 nitrogen and oxygen atoms in total. The fourth-order valence-electron chi connectivity index (χ4n) is 3.77. The van der Waals surface area contributed by atoms with Crippen LogP contribution in [-0.4, -0.2) is 29.0 Å². The molecule has 1 aliphatic rings. The van der Waals surface area contributed by atoms with Crippen LogP contribution in [0.4, 0.5) is 11.5 Å². The lowest BCUT2D eigenvalue weighted by Gasteiger charge is -2.31. The van der Waals surface area contributed by atoms with E-state index >= 15 is 0 Å². The number of nitrogens with one attached hydrogen (secondary N) is 1.